The van der Waals surface area contributed by atoms with Crippen LogP contribution in [0, 0.1) is 5.92 Å². The second kappa shape index (κ2) is 8.40. The highest BCUT2D eigenvalue weighted by Crippen LogP contribution is 2.18. The number of nitrogens with zero attached hydrogens (tertiary/aromatic N) is 1. The second-order valence-corrected chi connectivity index (χ2v) is 5.96. The molecule has 1 heterocycles. The Morgan fingerprint density at radius 3 is 2.83 bits per heavy atom. The molecule has 4 nitrogen and oxygen atoms in total. The topological polar surface area (TPSA) is 57.6 Å². The third kappa shape index (κ3) is 5.29. The molecule has 1 N–H and O–H groups in total. The average molecular weight is 273 g/mol. The standard InChI is InChI=1S/C13H23NO3S/c1-2-3-8-18-9-6-12(15)14-7-4-5-11(10-14)13(16)17/h11H,2-10H2,1H3,(H,16,17)/t11-/m0/s1. The zero-order chi connectivity index (χ0) is 13.4. The maximum atomic E-state index is 11.9. The SMILES string of the molecule is CCCCSCCC(=O)N1CCC[C@H](C(=O)O)C1. The molecule has 0 unspecified atom stereocenters. The fourth-order valence-electron chi connectivity index (χ4n) is 2.07. The van der Waals surface area contributed by atoms with Crippen LogP contribution >= 0.6 is 11.8 Å². The summed E-state index contributed by atoms with van der Waals surface area (Å²) < 4.78 is 0. The minimum absolute atomic E-state index is 0.116. The van der Waals surface area contributed by atoms with E-state index >= 15 is 0 Å². The van der Waals surface area contributed by atoms with Crippen LogP contribution in [-0.2, 0) is 9.59 Å². The van der Waals surface area contributed by atoms with Crippen molar-refractivity contribution < 1.29 is 14.7 Å². The Labute approximate surface area is 113 Å². The Balaban J connectivity index is 2.22. The third-order valence-electron chi connectivity index (χ3n) is 3.23. The maximum Gasteiger partial charge on any atom is 0.308 e. The highest BCUT2D eigenvalue weighted by atomic mass is 32.2. The van der Waals surface area contributed by atoms with E-state index in [0.29, 0.717) is 19.4 Å². The smallest absolute Gasteiger partial charge is 0.308 e. The van der Waals surface area contributed by atoms with E-state index < -0.39 is 5.97 Å². The van der Waals surface area contributed by atoms with E-state index in [0.717, 1.165) is 24.5 Å². The first-order chi connectivity index (χ1) is 8.65. The van der Waals surface area contributed by atoms with Crippen molar-refractivity contribution in [2.24, 2.45) is 5.92 Å². The number of amides is 1. The molecule has 5 heteroatoms. The van der Waals surface area contributed by atoms with Crippen molar-refractivity contribution >= 4 is 23.6 Å². The lowest BCUT2D eigenvalue weighted by molar-refractivity contribution is -0.145. The maximum absolute atomic E-state index is 11.9. The van der Waals surface area contributed by atoms with Crippen LogP contribution in [0.1, 0.15) is 39.0 Å². The molecule has 1 amide bonds. The van der Waals surface area contributed by atoms with Crippen molar-refractivity contribution in [3.63, 3.8) is 0 Å². The van der Waals surface area contributed by atoms with Gasteiger partial charge in [-0.15, -0.1) is 0 Å². The lowest BCUT2D eigenvalue weighted by Gasteiger charge is -2.30. The molecule has 0 aromatic carbocycles. The molecule has 1 aliphatic heterocycles. The fourth-order valence-corrected chi connectivity index (χ4v) is 3.09. The number of thioether (sulfide) groups is 1. The highest BCUT2D eigenvalue weighted by Gasteiger charge is 2.27. The summed E-state index contributed by atoms with van der Waals surface area (Å²) in [4.78, 5) is 24.6. The lowest BCUT2D eigenvalue weighted by Crippen LogP contribution is -2.42. The molecule has 1 fully saturated rings. The molecule has 1 saturated heterocycles. The summed E-state index contributed by atoms with van der Waals surface area (Å²) in [6.45, 7) is 3.28. The molecule has 0 aromatic rings. The molecule has 0 aromatic heterocycles. The van der Waals surface area contributed by atoms with Crippen molar-refractivity contribution in [3.05, 3.63) is 0 Å². The average Bonchev–Trinajstić information content (AvgIpc) is 2.38. The van der Waals surface area contributed by atoms with Gasteiger partial charge >= 0.3 is 5.97 Å². The summed E-state index contributed by atoms with van der Waals surface area (Å²) in [6, 6.07) is 0. The molecule has 104 valence electrons. The van der Waals surface area contributed by atoms with E-state index in [1.807, 2.05) is 11.8 Å². The van der Waals surface area contributed by atoms with Gasteiger partial charge in [0.2, 0.25) is 5.91 Å². The molecule has 0 aliphatic carbocycles. The molecule has 0 radical (unpaired) electrons. The highest BCUT2D eigenvalue weighted by molar-refractivity contribution is 7.99. The van der Waals surface area contributed by atoms with Gasteiger partial charge in [-0.3, -0.25) is 9.59 Å². The van der Waals surface area contributed by atoms with Gasteiger partial charge in [0.05, 0.1) is 5.92 Å². The minimum Gasteiger partial charge on any atom is -0.481 e. The Kier molecular flexibility index (Phi) is 7.16. The van der Waals surface area contributed by atoms with Crippen LogP contribution in [0.15, 0.2) is 0 Å². The van der Waals surface area contributed by atoms with Gasteiger partial charge in [0.25, 0.3) is 0 Å². The van der Waals surface area contributed by atoms with Gasteiger partial charge in [-0.05, 0) is 25.0 Å². The molecular weight excluding hydrogens is 250 g/mol. The van der Waals surface area contributed by atoms with Gasteiger partial charge in [0, 0.05) is 25.3 Å². The number of carboxylic acid groups (broad SMARTS) is 1. The van der Waals surface area contributed by atoms with Gasteiger partial charge in [-0.2, -0.15) is 11.8 Å². The Morgan fingerprint density at radius 1 is 1.39 bits per heavy atom. The summed E-state index contributed by atoms with van der Waals surface area (Å²) in [5.41, 5.74) is 0. The van der Waals surface area contributed by atoms with Crippen molar-refractivity contribution in [1.82, 2.24) is 4.90 Å². The normalized spacial score (nSPS) is 19.8. The summed E-state index contributed by atoms with van der Waals surface area (Å²) in [7, 11) is 0. The summed E-state index contributed by atoms with van der Waals surface area (Å²) in [5, 5.41) is 8.97. The number of aliphatic carboxylic acids is 1. The number of hydrogen-bond donors (Lipinski definition) is 1. The van der Waals surface area contributed by atoms with E-state index in [1.54, 1.807) is 4.90 Å². The fraction of sp³-hybridized carbons (Fsp3) is 0.846. The van der Waals surface area contributed by atoms with Crippen LogP contribution in [0.25, 0.3) is 0 Å². The predicted octanol–water partition coefficient (Wildman–Crippen LogP) is 2.23. The molecule has 1 rings (SSSR count). The number of carbonyl (C=O) groups excluding carboxylic acids is 1. The predicted molar refractivity (Wildman–Crippen MR) is 73.8 cm³/mol. The van der Waals surface area contributed by atoms with Crippen LogP contribution < -0.4 is 0 Å². The van der Waals surface area contributed by atoms with Crippen LogP contribution in [0.4, 0.5) is 0 Å². The van der Waals surface area contributed by atoms with Crippen molar-refractivity contribution in [2.75, 3.05) is 24.6 Å². The van der Waals surface area contributed by atoms with Crippen molar-refractivity contribution in [1.29, 1.82) is 0 Å². The van der Waals surface area contributed by atoms with Crippen LogP contribution in [-0.4, -0.2) is 46.5 Å². The number of hydrogen-bond acceptors (Lipinski definition) is 3. The molecule has 1 atom stereocenters. The first-order valence-electron chi connectivity index (χ1n) is 6.73. The molecule has 18 heavy (non-hydrogen) atoms. The summed E-state index contributed by atoms with van der Waals surface area (Å²) in [6.07, 6.45) is 4.44. The molecule has 0 bridgehead atoms. The number of likely N-dealkylation sites (tertiary alicyclic amines) is 1. The number of rotatable bonds is 7. The van der Waals surface area contributed by atoms with E-state index in [1.165, 1.54) is 12.8 Å². The number of unbranched alkanes of at least 4 members (excludes halogenated alkanes) is 1. The van der Waals surface area contributed by atoms with Crippen molar-refractivity contribution in [2.45, 2.75) is 39.0 Å². The van der Waals surface area contributed by atoms with E-state index in [9.17, 15) is 9.59 Å². The van der Waals surface area contributed by atoms with Gasteiger partial charge in [0.15, 0.2) is 0 Å². The second-order valence-electron chi connectivity index (χ2n) is 4.73. The first kappa shape index (κ1) is 15.3. The Hall–Kier alpha value is -0.710. The van der Waals surface area contributed by atoms with Crippen LogP contribution in [0.2, 0.25) is 0 Å². The Bertz CT molecular complexity index is 283. The molecule has 0 spiro atoms. The third-order valence-corrected chi connectivity index (χ3v) is 4.30. The Morgan fingerprint density at radius 2 is 2.17 bits per heavy atom. The van der Waals surface area contributed by atoms with Gasteiger partial charge < -0.3 is 10.0 Å². The summed E-state index contributed by atoms with van der Waals surface area (Å²) in [5.74, 6) is 0.944. The monoisotopic (exact) mass is 273 g/mol. The lowest BCUT2D eigenvalue weighted by atomic mass is 9.98. The molecule has 1 aliphatic rings. The summed E-state index contributed by atoms with van der Waals surface area (Å²) >= 11 is 1.81. The first-order valence-corrected chi connectivity index (χ1v) is 7.89. The largest absolute Gasteiger partial charge is 0.481 e. The van der Waals surface area contributed by atoms with E-state index in [2.05, 4.69) is 6.92 Å². The quantitative estimate of drug-likeness (QED) is 0.723. The zero-order valence-corrected chi connectivity index (χ0v) is 11.9. The van der Waals surface area contributed by atoms with Crippen molar-refractivity contribution in [3.8, 4) is 0 Å². The van der Waals surface area contributed by atoms with Crippen LogP contribution in [0.3, 0.4) is 0 Å². The van der Waals surface area contributed by atoms with Gasteiger partial charge in [-0.25, -0.2) is 0 Å². The number of carboxylic acids is 1. The van der Waals surface area contributed by atoms with Gasteiger partial charge in [-0.1, -0.05) is 13.3 Å². The molecular formula is C13H23NO3S. The number of piperidine rings is 1. The van der Waals surface area contributed by atoms with Crippen LogP contribution in [0.5, 0.6) is 0 Å². The zero-order valence-electron chi connectivity index (χ0n) is 11.1. The van der Waals surface area contributed by atoms with Gasteiger partial charge in [0.1, 0.15) is 0 Å². The number of carbonyl (C=O) groups is 2. The van der Waals surface area contributed by atoms with E-state index in [4.69, 9.17) is 5.11 Å². The van der Waals surface area contributed by atoms with E-state index in [-0.39, 0.29) is 11.8 Å². The minimum atomic E-state index is -0.773. The molecule has 0 saturated carbocycles.